The Labute approximate surface area is 121 Å². The van der Waals surface area contributed by atoms with Crippen LogP contribution in [0.25, 0.3) is 0 Å². The molecule has 1 atom stereocenters. The lowest BCUT2D eigenvalue weighted by atomic mass is 9.86. The molecule has 0 aliphatic heterocycles. The second-order valence-electron chi connectivity index (χ2n) is 6.02. The summed E-state index contributed by atoms with van der Waals surface area (Å²) in [5, 5.41) is 11.8. The summed E-state index contributed by atoms with van der Waals surface area (Å²) in [7, 11) is 0. The molecule has 20 heavy (non-hydrogen) atoms. The van der Waals surface area contributed by atoms with E-state index >= 15 is 0 Å². The van der Waals surface area contributed by atoms with Gasteiger partial charge in [-0.3, -0.25) is 4.79 Å². The molecule has 0 aliphatic carbocycles. The number of para-hydroxylation sites is 1. The minimum absolute atomic E-state index is 0.00704. The first kappa shape index (κ1) is 16.5. The first-order valence-corrected chi connectivity index (χ1v) is 6.98. The molecule has 1 amide bonds. The molecular formula is C16H25NO3. The number of ether oxygens (including phenoxy) is 1. The average Bonchev–Trinajstić information content (AvgIpc) is 2.35. The molecule has 1 aromatic rings. The van der Waals surface area contributed by atoms with Gasteiger partial charge in [-0.15, -0.1) is 0 Å². The van der Waals surface area contributed by atoms with Crippen molar-refractivity contribution in [2.75, 3.05) is 13.2 Å². The van der Waals surface area contributed by atoms with Crippen LogP contribution in [0.3, 0.4) is 0 Å². The highest BCUT2D eigenvalue weighted by molar-refractivity contribution is 5.77. The lowest BCUT2D eigenvalue weighted by molar-refractivity contribution is -0.123. The van der Waals surface area contributed by atoms with Gasteiger partial charge in [0.15, 0.2) is 6.61 Å². The monoisotopic (exact) mass is 279 g/mol. The Bertz CT molecular complexity index is 436. The second kappa shape index (κ2) is 7.29. The molecule has 0 aromatic heterocycles. The SMILES string of the molecule is CC(O)CCNC(=O)COc1ccccc1C(C)(C)C. The van der Waals surface area contributed by atoms with Crippen LogP contribution in [0.2, 0.25) is 0 Å². The fourth-order valence-corrected chi connectivity index (χ4v) is 1.83. The number of carbonyl (C=O) groups excluding carboxylic acids is 1. The maximum absolute atomic E-state index is 11.6. The number of aliphatic hydroxyl groups is 1. The first-order chi connectivity index (χ1) is 9.30. The molecule has 112 valence electrons. The van der Waals surface area contributed by atoms with Gasteiger partial charge in [0.05, 0.1) is 6.10 Å². The third-order valence-electron chi connectivity index (χ3n) is 2.94. The summed E-state index contributed by atoms with van der Waals surface area (Å²) in [6.07, 6.45) is 0.141. The largest absolute Gasteiger partial charge is 0.483 e. The van der Waals surface area contributed by atoms with E-state index in [0.717, 1.165) is 11.3 Å². The smallest absolute Gasteiger partial charge is 0.257 e. The number of benzene rings is 1. The summed E-state index contributed by atoms with van der Waals surface area (Å²) in [4.78, 5) is 11.6. The highest BCUT2D eigenvalue weighted by atomic mass is 16.5. The Kier molecular flexibility index (Phi) is 6.02. The van der Waals surface area contributed by atoms with Crippen LogP contribution in [0.15, 0.2) is 24.3 Å². The number of hydrogen-bond donors (Lipinski definition) is 2. The Morgan fingerprint density at radius 2 is 2.00 bits per heavy atom. The predicted octanol–water partition coefficient (Wildman–Crippen LogP) is 2.25. The third-order valence-corrected chi connectivity index (χ3v) is 2.94. The lowest BCUT2D eigenvalue weighted by Crippen LogP contribution is -2.31. The standard InChI is InChI=1S/C16H25NO3/c1-12(18)9-10-17-15(19)11-20-14-8-6-5-7-13(14)16(2,3)4/h5-8,12,18H,9-11H2,1-4H3,(H,17,19). The van der Waals surface area contributed by atoms with E-state index in [0.29, 0.717) is 13.0 Å². The van der Waals surface area contributed by atoms with Crippen LogP contribution >= 0.6 is 0 Å². The van der Waals surface area contributed by atoms with Crippen molar-refractivity contribution in [2.45, 2.75) is 45.6 Å². The highest BCUT2D eigenvalue weighted by Crippen LogP contribution is 2.30. The van der Waals surface area contributed by atoms with Crippen LogP contribution < -0.4 is 10.1 Å². The Morgan fingerprint density at radius 3 is 2.60 bits per heavy atom. The van der Waals surface area contributed by atoms with Gasteiger partial charge >= 0.3 is 0 Å². The van der Waals surface area contributed by atoms with Crippen LogP contribution in [0.4, 0.5) is 0 Å². The van der Waals surface area contributed by atoms with Crippen molar-refractivity contribution < 1.29 is 14.6 Å². The van der Waals surface area contributed by atoms with E-state index in [-0.39, 0.29) is 17.9 Å². The number of aliphatic hydroxyl groups excluding tert-OH is 1. The molecule has 1 rings (SSSR count). The molecule has 0 aliphatic rings. The minimum Gasteiger partial charge on any atom is -0.483 e. The fraction of sp³-hybridized carbons (Fsp3) is 0.562. The maximum atomic E-state index is 11.6. The van der Waals surface area contributed by atoms with Crippen molar-refractivity contribution in [1.29, 1.82) is 0 Å². The normalized spacial score (nSPS) is 12.8. The van der Waals surface area contributed by atoms with Gasteiger partial charge in [0.25, 0.3) is 5.91 Å². The van der Waals surface area contributed by atoms with Crippen LogP contribution in [-0.2, 0) is 10.2 Å². The Morgan fingerprint density at radius 1 is 1.35 bits per heavy atom. The van der Waals surface area contributed by atoms with E-state index in [4.69, 9.17) is 9.84 Å². The van der Waals surface area contributed by atoms with Gasteiger partial charge in [0.1, 0.15) is 5.75 Å². The molecule has 4 nitrogen and oxygen atoms in total. The molecule has 0 saturated heterocycles. The van der Waals surface area contributed by atoms with Gasteiger partial charge in [-0.1, -0.05) is 39.0 Å². The fourth-order valence-electron chi connectivity index (χ4n) is 1.83. The van der Waals surface area contributed by atoms with Crippen LogP contribution in [0.5, 0.6) is 5.75 Å². The van der Waals surface area contributed by atoms with E-state index < -0.39 is 6.10 Å². The molecule has 2 N–H and O–H groups in total. The molecule has 1 aromatic carbocycles. The van der Waals surface area contributed by atoms with Gasteiger partial charge in [0.2, 0.25) is 0 Å². The molecular weight excluding hydrogens is 254 g/mol. The molecule has 0 spiro atoms. The summed E-state index contributed by atoms with van der Waals surface area (Å²) in [5.41, 5.74) is 1.05. The second-order valence-corrected chi connectivity index (χ2v) is 6.02. The Balaban J connectivity index is 2.52. The quantitative estimate of drug-likeness (QED) is 0.839. The number of nitrogens with one attached hydrogen (secondary N) is 1. The van der Waals surface area contributed by atoms with E-state index in [1.165, 1.54) is 0 Å². The van der Waals surface area contributed by atoms with Gasteiger partial charge in [-0.05, 0) is 30.4 Å². The molecule has 0 bridgehead atoms. The minimum atomic E-state index is -0.405. The van der Waals surface area contributed by atoms with Crippen molar-refractivity contribution in [3.63, 3.8) is 0 Å². The van der Waals surface area contributed by atoms with Crippen molar-refractivity contribution >= 4 is 5.91 Å². The van der Waals surface area contributed by atoms with Crippen molar-refractivity contribution in [3.05, 3.63) is 29.8 Å². The zero-order valence-corrected chi connectivity index (χ0v) is 12.8. The summed E-state index contributed by atoms with van der Waals surface area (Å²) in [6.45, 7) is 8.48. The number of carbonyl (C=O) groups is 1. The molecule has 4 heteroatoms. The number of rotatable bonds is 6. The molecule has 0 radical (unpaired) electrons. The third kappa shape index (κ3) is 5.61. The van der Waals surface area contributed by atoms with E-state index in [9.17, 15) is 4.79 Å². The first-order valence-electron chi connectivity index (χ1n) is 6.98. The molecule has 0 saturated carbocycles. The lowest BCUT2D eigenvalue weighted by Gasteiger charge is -2.22. The summed E-state index contributed by atoms with van der Waals surface area (Å²) in [5.74, 6) is 0.569. The van der Waals surface area contributed by atoms with Crippen molar-refractivity contribution in [3.8, 4) is 5.75 Å². The zero-order valence-electron chi connectivity index (χ0n) is 12.8. The van der Waals surface area contributed by atoms with Crippen LogP contribution in [0, 0.1) is 0 Å². The van der Waals surface area contributed by atoms with Gasteiger partial charge in [-0.2, -0.15) is 0 Å². The number of amides is 1. The summed E-state index contributed by atoms with van der Waals surface area (Å²) < 4.78 is 5.61. The predicted molar refractivity (Wildman–Crippen MR) is 79.9 cm³/mol. The molecule has 0 fully saturated rings. The summed E-state index contributed by atoms with van der Waals surface area (Å²) in [6, 6.07) is 7.76. The van der Waals surface area contributed by atoms with Gasteiger partial charge in [-0.25, -0.2) is 0 Å². The number of hydrogen-bond acceptors (Lipinski definition) is 3. The molecule has 0 heterocycles. The van der Waals surface area contributed by atoms with Gasteiger partial charge in [0, 0.05) is 6.54 Å². The molecule has 1 unspecified atom stereocenters. The highest BCUT2D eigenvalue weighted by Gasteiger charge is 2.18. The van der Waals surface area contributed by atoms with Crippen molar-refractivity contribution in [1.82, 2.24) is 5.32 Å². The topological polar surface area (TPSA) is 58.6 Å². The van der Waals surface area contributed by atoms with Crippen LogP contribution in [0.1, 0.15) is 39.7 Å². The summed E-state index contributed by atoms with van der Waals surface area (Å²) >= 11 is 0. The Hall–Kier alpha value is -1.55. The van der Waals surface area contributed by atoms with Gasteiger partial charge < -0.3 is 15.2 Å². The van der Waals surface area contributed by atoms with E-state index in [1.807, 2.05) is 24.3 Å². The van der Waals surface area contributed by atoms with E-state index in [1.54, 1.807) is 6.92 Å². The zero-order chi connectivity index (χ0) is 15.2. The average molecular weight is 279 g/mol. The maximum Gasteiger partial charge on any atom is 0.257 e. The van der Waals surface area contributed by atoms with Crippen molar-refractivity contribution in [2.24, 2.45) is 0 Å². The van der Waals surface area contributed by atoms with Crippen LogP contribution in [-0.4, -0.2) is 30.3 Å². The van der Waals surface area contributed by atoms with E-state index in [2.05, 4.69) is 26.1 Å².